The zero-order valence-electron chi connectivity index (χ0n) is 23.3. The number of rotatable bonds is 9. The maximum absolute atomic E-state index is 13.5. The second kappa shape index (κ2) is 12.2. The van der Waals surface area contributed by atoms with Gasteiger partial charge in [-0.1, -0.05) is 57.2 Å². The molecule has 0 aromatic heterocycles. The first-order valence-corrected chi connectivity index (χ1v) is 14.4. The number of carbonyl (C=O) groups excluding carboxylic acids is 2. The first-order chi connectivity index (χ1) is 19.8. The van der Waals surface area contributed by atoms with Gasteiger partial charge in [-0.25, -0.2) is 8.42 Å². The number of nitrogens with zero attached hydrogens (tertiary/aromatic N) is 2. The SMILES string of the molecule is CC(C)(C)c1ccc(C(=O)Nc2cccc(NC(=O)CN(c3ccc([N+](=O)[O-])cc3)S(=O)(=O)c3ccccc3)c2)cc1. The standard InChI is InChI=1S/C31H30N4O6S/c1-31(2,3)23-14-12-22(13-15-23)30(37)33-25-9-7-8-24(20-25)32-29(36)21-34(26-16-18-27(19-17-26)35(38)39)42(40,41)28-10-5-4-6-11-28/h4-20H,21H2,1-3H3,(H,32,36)(H,33,37). The van der Waals surface area contributed by atoms with Crippen LogP contribution in [0.2, 0.25) is 0 Å². The van der Waals surface area contributed by atoms with Crippen molar-refractivity contribution < 1.29 is 22.9 Å². The fraction of sp³-hybridized carbons (Fsp3) is 0.161. The summed E-state index contributed by atoms with van der Waals surface area (Å²) in [6.45, 7) is 5.66. The summed E-state index contributed by atoms with van der Waals surface area (Å²) in [6.07, 6.45) is 0. The summed E-state index contributed by atoms with van der Waals surface area (Å²) >= 11 is 0. The van der Waals surface area contributed by atoms with Crippen LogP contribution < -0.4 is 14.9 Å². The van der Waals surface area contributed by atoms with Gasteiger partial charge >= 0.3 is 0 Å². The molecule has 0 heterocycles. The minimum absolute atomic E-state index is 0.0450. The summed E-state index contributed by atoms with van der Waals surface area (Å²) in [6, 6.07) is 26.2. The van der Waals surface area contributed by atoms with Gasteiger partial charge in [0.05, 0.1) is 15.5 Å². The lowest BCUT2D eigenvalue weighted by atomic mass is 9.87. The molecule has 42 heavy (non-hydrogen) atoms. The van der Waals surface area contributed by atoms with Gasteiger partial charge < -0.3 is 10.6 Å². The molecule has 0 aliphatic rings. The summed E-state index contributed by atoms with van der Waals surface area (Å²) in [5.41, 5.74) is 2.16. The number of nitro benzene ring substituents is 1. The summed E-state index contributed by atoms with van der Waals surface area (Å²) in [5.74, 6) is -0.980. The number of non-ortho nitro benzene ring substituents is 1. The minimum Gasteiger partial charge on any atom is -0.324 e. The van der Waals surface area contributed by atoms with Gasteiger partial charge in [-0.2, -0.15) is 0 Å². The van der Waals surface area contributed by atoms with Crippen molar-refractivity contribution in [1.29, 1.82) is 0 Å². The normalized spacial score (nSPS) is 11.4. The molecule has 216 valence electrons. The van der Waals surface area contributed by atoms with Gasteiger partial charge in [-0.3, -0.25) is 24.0 Å². The van der Waals surface area contributed by atoms with Gasteiger partial charge in [0.15, 0.2) is 0 Å². The number of hydrogen-bond acceptors (Lipinski definition) is 6. The molecule has 0 aliphatic heterocycles. The van der Waals surface area contributed by atoms with E-state index in [4.69, 9.17) is 0 Å². The van der Waals surface area contributed by atoms with Crippen LogP contribution in [0, 0.1) is 10.1 Å². The van der Waals surface area contributed by atoms with Crippen LogP contribution in [0.3, 0.4) is 0 Å². The number of carbonyl (C=O) groups is 2. The third-order valence-corrected chi connectivity index (χ3v) is 8.17. The Bertz CT molecular complexity index is 1700. The molecule has 4 rings (SSSR count). The number of anilines is 3. The fourth-order valence-electron chi connectivity index (χ4n) is 4.11. The maximum atomic E-state index is 13.5. The maximum Gasteiger partial charge on any atom is 0.269 e. The quantitative estimate of drug-likeness (QED) is 0.183. The van der Waals surface area contributed by atoms with Gasteiger partial charge in [0.25, 0.3) is 21.6 Å². The Morgan fingerprint density at radius 1 is 0.810 bits per heavy atom. The monoisotopic (exact) mass is 586 g/mol. The van der Waals surface area contributed by atoms with Crippen LogP contribution >= 0.6 is 0 Å². The molecule has 10 nitrogen and oxygen atoms in total. The average molecular weight is 587 g/mol. The van der Waals surface area contributed by atoms with Crippen LogP contribution in [-0.4, -0.2) is 31.7 Å². The van der Waals surface area contributed by atoms with E-state index in [1.165, 1.54) is 36.4 Å². The fourth-order valence-corrected chi connectivity index (χ4v) is 5.55. The van der Waals surface area contributed by atoms with Crippen molar-refractivity contribution in [2.45, 2.75) is 31.1 Å². The van der Waals surface area contributed by atoms with E-state index in [9.17, 15) is 28.1 Å². The zero-order valence-corrected chi connectivity index (χ0v) is 24.1. The molecule has 2 N–H and O–H groups in total. The van der Waals surface area contributed by atoms with Crippen LogP contribution in [0.15, 0.2) is 108 Å². The number of amides is 2. The molecule has 0 bridgehead atoms. The summed E-state index contributed by atoms with van der Waals surface area (Å²) < 4.78 is 27.9. The van der Waals surface area contributed by atoms with E-state index in [2.05, 4.69) is 31.4 Å². The molecule has 0 radical (unpaired) electrons. The van der Waals surface area contributed by atoms with Crippen molar-refractivity contribution in [3.63, 3.8) is 0 Å². The largest absolute Gasteiger partial charge is 0.324 e. The van der Waals surface area contributed by atoms with Gasteiger partial charge in [-0.15, -0.1) is 0 Å². The molecular weight excluding hydrogens is 556 g/mol. The van der Waals surface area contributed by atoms with Crippen molar-refractivity contribution in [2.75, 3.05) is 21.5 Å². The number of sulfonamides is 1. The van der Waals surface area contributed by atoms with Gasteiger partial charge in [-0.05, 0) is 65.6 Å². The molecule has 11 heteroatoms. The number of benzene rings is 4. The minimum atomic E-state index is -4.20. The first-order valence-electron chi connectivity index (χ1n) is 13.0. The predicted octanol–water partition coefficient (Wildman–Crippen LogP) is 5.98. The van der Waals surface area contributed by atoms with Crippen molar-refractivity contribution in [3.05, 3.63) is 124 Å². The molecule has 0 spiro atoms. The van der Waals surface area contributed by atoms with Crippen LogP contribution in [0.5, 0.6) is 0 Å². The summed E-state index contributed by atoms with van der Waals surface area (Å²) in [7, 11) is -4.20. The van der Waals surface area contributed by atoms with Crippen LogP contribution in [0.4, 0.5) is 22.7 Å². The molecule has 0 aliphatic carbocycles. The van der Waals surface area contributed by atoms with Crippen molar-refractivity contribution in [1.82, 2.24) is 0 Å². The second-order valence-electron chi connectivity index (χ2n) is 10.5. The van der Waals surface area contributed by atoms with Crippen molar-refractivity contribution in [2.24, 2.45) is 0 Å². The summed E-state index contributed by atoms with van der Waals surface area (Å²) in [4.78, 5) is 36.4. The van der Waals surface area contributed by atoms with Gasteiger partial charge in [0.2, 0.25) is 5.91 Å². The number of nitro groups is 1. The Morgan fingerprint density at radius 3 is 1.98 bits per heavy atom. The Kier molecular flexibility index (Phi) is 8.72. The predicted molar refractivity (Wildman–Crippen MR) is 162 cm³/mol. The number of hydrogen-bond donors (Lipinski definition) is 2. The molecular formula is C31H30N4O6S. The highest BCUT2D eigenvalue weighted by Gasteiger charge is 2.27. The molecule has 0 unspecified atom stereocenters. The van der Waals surface area contributed by atoms with E-state index in [1.807, 2.05) is 12.1 Å². The second-order valence-corrected chi connectivity index (χ2v) is 12.4. The van der Waals surface area contributed by atoms with E-state index >= 15 is 0 Å². The molecule has 0 saturated heterocycles. The molecule has 0 atom stereocenters. The van der Waals surface area contributed by atoms with E-state index in [-0.39, 0.29) is 27.6 Å². The number of nitrogens with one attached hydrogen (secondary N) is 2. The van der Waals surface area contributed by atoms with E-state index in [0.29, 0.717) is 16.9 Å². The first kappa shape index (κ1) is 29.9. The highest BCUT2D eigenvalue weighted by Crippen LogP contribution is 2.26. The zero-order chi connectivity index (χ0) is 30.5. The Morgan fingerprint density at radius 2 is 1.40 bits per heavy atom. The van der Waals surface area contributed by atoms with Crippen molar-refractivity contribution in [3.8, 4) is 0 Å². The Hall–Kier alpha value is -5.03. The Labute approximate surface area is 244 Å². The third-order valence-electron chi connectivity index (χ3n) is 6.38. The average Bonchev–Trinajstić information content (AvgIpc) is 2.96. The van der Waals surface area contributed by atoms with Crippen LogP contribution in [0.25, 0.3) is 0 Å². The molecule has 2 amide bonds. The van der Waals surface area contributed by atoms with E-state index in [1.54, 1.807) is 54.6 Å². The van der Waals surface area contributed by atoms with Gasteiger partial charge in [0.1, 0.15) is 6.54 Å². The highest BCUT2D eigenvalue weighted by atomic mass is 32.2. The third kappa shape index (κ3) is 7.18. The van der Waals surface area contributed by atoms with Crippen LogP contribution in [-0.2, 0) is 20.2 Å². The topological polar surface area (TPSA) is 139 Å². The lowest BCUT2D eigenvalue weighted by Gasteiger charge is -2.24. The Balaban J connectivity index is 1.51. The van der Waals surface area contributed by atoms with Crippen LogP contribution in [0.1, 0.15) is 36.7 Å². The lowest BCUT2D eigenvalue weighted by Crippen LogP contribution is -2.38. The highest BCUT2D eigenvalue weighted by molar-refractivity contribution is 7.92. The molecule has 0 fully saturated rings. The lowest BCUT2D eigenvalue weighted by molar-refractivity contribution is -0.384. The smallest absolute Gasteiger partial charge is 0.269 e. The summed E-state index contributed by atoms with van der Waals surface area (Å²) in [5, 5.41) is 16.6. The molecule has 0 saturated carbocycles. The molecule has 4 aromatic carbocycles. The van der Waals surface area contributed by atoms with E-state index < -0.39 is 27.4 Å². The van der Waals surface area contributed by atoms with Gasteiger partial charge in [0, 0.05) is 29.1 Å². The van der Waals surface area contributed by atoms with Crippen molar-refractivity contribution >= 4 is 44.6 Å². The molecule has 4 aromatic rings. The van der Waals surface area contributed by atoms with E-state index in [0.717, 1.165) is 9.87 Å².